The van der Waals surface area contributed by atoms with Crippen molar-refractivity contribution < 1.29 is 0 Å². The Balaban J connectivity index is 2.13. The average Bonchev–Trinajstić information content (AvgIpc) is 2.80. The molecular formula is C9H14N6S. The second-order valence-corrected chi connectivity index (χ2v) is 3.66. The summed E-state index contributed by atoms with van der Waals surface area (Å²) in [6.45, 7) is 1.49. The van der Waals surface area contributed by atoms with Gasteiger partial charge in [0, 0.05) is 19.3 Å². The molecule has 0 bridgehead atoms. The van der Waals surface area contributed by atoms with Crippen LogP contribution in [0.3, 0.4) is 0 Å². The summed E-state index contributed by atoms with van der Waals surface area (Å²) in [6.07, 6.45) is 6.39. The molecule has 86 valence electrons. The maximum absolute atomic E-state index is 8.42. The normalized spacial score (nSPS) is 10.9. The van der Waals surface area contributed by atoms with Gasteiger partial charge in [-0.3, -0.25) is 15.4 Å². The summed E-state index contributed by atoms with van der Waals surface area (Å²) < 4.78 is 0. The Morgan fingerprint density at radius 2 is 2.62 bits per heavy atom. The highest BCUT2D eigenvalue weighted by atomic mass is 32.2. The number of nitrogens with zero attached hydrogens (tertiary/aromatic N) is 3. The Hall–Kier alpha value is -1.68. The molecule has 0 aliphatic carbocycles. The Morgan fingerprint density at radius 1 is 1.75 bits per heavy atom. The molecule has 1 rings (SSSR count). The average molecular weight is 238 g/mol. The molecule has 0 saturated carbocycles. The van der Waals surface area contributed by atoms with Crippen LogP contribution in [0.2, 0.25) is 0 Å². The number of hydrogen-bond donors (Lipinski definition) is 3. The second kappa shape index (κ2) is 7.59. The molecule has 1 heterocycles. The predicted octanol–water partition coefficient (Wildman–Crippen LogP) is 1.00. The molecule has 0 saturated heterocycles. The van der Waals surface area contributed by atoms with Crippen molar-refractivity contribution in [1.82, 2.24) is 15.5 Å². The Labute approximate surface area is 98.5 Å². The van der Waals surface area contributed by atoms with E-state index >= 15 is 0 Å². The number of nitrogens with one attached hydrogen (secondary N) is 3. The molecule has 3 N–H and O–H groups in total. The van der Waals surface area contributed by atoms with Crippen molar-refractivity contribution in [2.24, 2.45) is 4.99 Å². The zero-order chi connectivity index (χ0) is 11.6. The molecule has 0 aromatic carbocycles. The maximum Gasteiger partial charge on any atom is 0.183 e. The third-order valence-electron chi connectivity index (χ3n) is 1.75. The highest BCUT2D eigenvalue weighted by Gasteiger charge is 1.94. The van der Waals surface area contributed by atoms with E-state index in [1.165, 1.54) is 11.8 Å². The van der Waals surface area contributed by atoms with Crippen LogP contribution in [0.5, 0.6) is 0 Å². The Morgan fingerprint density at radius 3 is 3.25 bits per heavy atom. The van der Waals surface area contributed by atoms with Crippen LogP contribution < -0.4 is 10.6 Å². The number of hydrogen-bond acceptors (Lipinski definition) is 5. The number of amidine groups is 1. The summed E-state index contributed by atoms with van der Waals surface area (Å²) in [5.74, 6) is 0.837. The molecule has 6 nitrogen and oxygen atoms in total. The molecule has 1 aromatic heterocycles. The Bertz CT molecular complexity index is 353. The Kier molecular flexibility index (Phi) is 5.88. The van der Waals surface area contributed by atoms with E-state index in [1.54, 1.807) is 6.20 Å². The van der Waals surface area contributed by atoms with Crippen LogP contribution in [-0.2, 0) is 0 Å². The van der Waals surface area contributed by atoms with Crippen LogP contribution in [-0.4, -0.2) is 34.7 Å². The van der Waals surface area contributed by atoms with Crippen molar-refractivity contribution in [3.8, 4) is 6.19 Å². The van der Waals surface area contributed by atoms with Gasteiger partial charge in [-0.15, -0.1) is 0 Å². The number of aromatic nitrogens is 2. The van der Waals surface area contributed by atoms with E-state index in [0.717, 1.165) is 18.8 Å². The molecule has 0 aliphatic heterocycles. The van der Waals surface area contributed by atoms with Crippen molar-refractivity contribution in [2.45, 2.75) is 6.42 Å². The third-order valence-corrected chi connectivity index (χ3v) is 2.37. The molecule has 0 radical (unpaired) electrons. The maximum atomic E-state index is 8.42. The van der Waals surface area contributed by atoms with Crippen molar-refractivity contribution in [3.05, 3.63) is 12.3 Å². The molecule has 0 amide bonds. The number of nitriles is 1. The number of H-pyrrole nitrogens is 1. The summed E-state index contributed by atoms with van der Waals surface area (Å²) in [4.78, 5) is 4.23. The van der Waals surface area contributed by atoms with E-state index in [2.05, 4.69) is 25.8 Å². The topological polar surface area (TPSA) is 88.9 Å². The SMILES string of the molecule is CS/C(=N\CCCNc1cc[nH]n1)NC#N. The molecule has 16 heavy (non-hydrogen) atoms. The van der Waals surface area contributed by atoms with Crippen molar-refractivity contribution >= 4 is 22.7 Å². The molecule has 7 heteroatoms. The number of anilines is 1. The zero-order valence-electron chi connectivity index (χ0n) is 9.03. The van der Waals surface area contributed by atoms with Crippen LogP contribution >= 0.6 is 11.8 Å². The molecule has 0 aliphatic rings. The minimum Gasteiger partial charge on any atom is -0.369 e. The lowest BCUT2D eigenvalue weighted by atomic mass is 10.4. The zero-order valence-corrected chi connectivity index (χ0v) is 9.84. The van der Waals surface area contributed by atoms with Crippen LogP contribution in [0, 0.1) is 11.5 Å². The number of aliphatic imine (C=N–C) groups is 1. The standard InChI is InChI=1S/C9H14N6S/c1-16-9(13-7-10)12-5-2-4-11-8-3-6-14-15-8/h3,6H,2,4-5H2,1H3,(H,12,13)(H2,11,14,15). The van der Waals surface area contributed by atoms with Crippen molar-refractivity contribution in [1.29, 1.82) is 5.26 Å². The van der Waals surface area contributed by atoms with E-state index in [1.807, 2.05) is 18.5 Å². The van der Waals surface area contributed by atoms with E-state index in [9.17, 15) is 0 Å². The summed E-state index contributed by atoms with van der Waals surface area (Å²) in [6, 6.07) is 1.87. The first-order chi connectivity index (χ1) is 7.86. The van der Waals surface area contributed by atoms with E-state index in [-0.39, 0.29) is 0 Å². The second-order valence-electron chi connectivity index (χ2n) is 2.87. The minimum atomic E-state index is 0.655. The predicted molar refractivity (Wildman–Crippen MR) is 66.3 cm³/mol. The van der Waals surface area contributed by atoms with Crippen molar-refractivity contribution in [3.63, 3.8) is 0 Å². The molecule has 0 spiro atoms. The van der Waals surface area contributed by atoms with Gasteiger partial charge in [0.25, 0.3) is 0 Å². The lowest BCUT2D eigenvalue weighted by Gasteiger charge is -2.01. The first kappa shape index (κ1) is 12.4. The largest absolute Gasteiger partial charge is 0.369 e. The molecule has 0 fully saturated rings. The van der Waals surface area contributed by atoms with Gasteiger partial charge in [-0.2, -0.15) is 10.4 Å². The number of rotatable bonds is 5. The number of thioether (sulfide) groups is 1. The quantitative estimate of drug-likeness (QED) is 0.234. The third kappa shape index (κ3) is 4.70. The minimum absolute atomic E-state index is 0.655. The van der Waals surface area contributed by atoms with Gasteiger partial charge >= 0.3 is 0 Å². The van der Waals surface area contributed by atoms with Gasteiger partial charge in [-0.25, -0.2) is 0 Å². The first-order valence-corrected chi connectivity index (χ1v) is 6.06. The van der Waals surface area contributed by atoms with Crippen LogP contribution in [0.25, 0.3) is 0 Å². The summed E-state index contributed by atoms with van der Waals surface area (Å²) in [5, 5.41) is 21.4. The van der Waals surface area contributed by atoms with Crippen LogP contribution in [0.4, 0.5) is 5.82 Å². The molecule has 1 aromatic rings. The summed E-state index contributed by atoms with van der Waals surface area (Å²) >= 11 is 1.43. The highest BCUT2D eigenvalue weighted by Crippen LogP contribution is 1.99. The van der Waals surface area contributed by atoms with Gasteiger partial charge in [0.2, 0.25) is 0 Å². The van der Waals surface area contributed by atoms with Crippen LogP contribution in [0.1, 0.15) is 6.42 Å². The van der Waals surface area contributed by atoms with E-state index in [4.69, 9.17) is 5.26 Å². The summed E-state index contributed by atoms with van der Waals surface area (Å²) in [7, 11) is 0. The molecule has 0 unspecified atom stereocenters. The monoisotopic (exact) mass is 238 g/mol. The van der Waals surface area contributed by atoms with E-state index in [0.29, 0.717) is 11.7 Å². The van der Waals surface area contributed by atoms with Gasteiger partial charge in [0.15, 0.2) is 11.4 Å². The summed E-state index contributed by atoms with van der Waals surface area (Å²) in [5.41, 5.74) is 0. The van der Waals surface area contributed by atoms with Gasteiger partial charge < -0.3 is 5.32 Å². The van der Waals surface area contributed by atoms with Crippen molar-refractivity contribution in [2.75, 3.05) is 24.7 Å². The number of aromatic amines is 1. The van der Waals surface area contributed by atoms with Gasteiger partial charge in [0.1, 0.15) is 5.82 Å². The van der Waals surface area contributed by atoms with E-state index < -0.39 is 0 Å². The molecular weight excluding hydrogens is 224 g/mol. The lowest BCUT2D eigenvalue weighted by molar-refractivity contribution is 0.867. The molecule has 0 atom stereocenters. The van der Waals surface area contributed by atoms with Gasteiger partial charge in [0.05, 0.1) is 0 Å². The van der Waals surface area contributed by atoms with Crippen LogP contribution in [0.15, 0.2) is 17.3 Å². The first-order valence-electron chi connectivity index (χ1n) is 4.84. The lowest BCUT2D eigenvalue weighted by Crippen LogP contribution is -2.14. The fourth-order valence-electron chi connectivity index (χ4n) is 1.04. The van der Waals surface area contributed by atoms with Gasteiger partial charge in [-0.1, -0.05) is 11.8 Å². The fourth-order valence-corrected chi connectivity index (χ4v) is 1.41. The fraction of sp³-hybridized carbons (Fsp3) is 0.444. The smallest absolute Gasteiger partial charge is 0.183 e. The van der Waals surface area contributed by atoms with Gasteiger partial charge in [-0.05, 0) is 18.7 Å². The highest BCUT2D eigenvalue weighted by molar-refractivity contribution is 8.13.